The van der Waals surface area contributed by atoms with Crippen LogP contribution in [0.4, 0.5) is 0 Å². The van der Waals surface area contributed by atoms with Gasteiger partial charge in [0.2, 0.25) is 5.91 Å². The van der Waals surface area contributed by atoms with Crippen LogP contribution in [-0.4, -0.2) is 27.2 Å². The fourth-order valence-corrected chi connectivity index (χ4v) is 1.78. The van der Waals surface area contributed by atoms with Crippen LogP contribution in [0.15, 0.2) is 24.4 Å². The molecule has 0 fully saturated rings. The van der Waals surface area contributed by atoms with Crippen molar-refractivity contribution in [2.45, 2.75) is 20.4 Å². The third-order valence-corrected chi connectivity index (χ3v) is 2.71. The largest absolute Gasteiger partial charge is 0.351 e. The number of aryl methyl sites for hydroxylation is 2. The molecular formula is C13H17N5O. The first kappa shape index (κ1) is 13.2. The minimum absolute atomic E-state index is 0.00271. The van der Waals surface area contributed by atoms with Gasteiger partial charge < -0.3 is 11.1 Å². The Labute approximate surface area is 111 Å². The number of nitrogens with one attached hydrogen (secondary N) is 1. The Kier molecular flexibility index (Phi) is 3.91. The molecule has 0 saturated carbocycles. The highest BCUT2D eigenvalue weighted by Gasteiger charge is 2.05. The second-order valence-electron chi connectivity index (χ2n) is 4.34. The molecule has 100 valence electrons. The van der Waals surface area contributed by atoms with E-state index in [-0.39, 0.29) is 12.5 Å². The third kappa shape index (κ3) is 3.17. The topological polar surface area (TPSA) is 85.8 Å². The molecule has 2 aromatic rings. The minimum Gasteiger partial charge on any atom is -0.351 e. The van der Waals surface area contributed by atoms with Crippen LogP contribution >= 0.6 is 0 Å². The number of carbonyl (C=O) groups is 1. The van der Waals surface area contributed by atoms with Gasteiger partial charge in [-0.2, -0.15) is 5.10 Å². The Bertz CT molecular complexity index is 573. The average Bonchev–Trinajstić information content (AvgIpc) is 2.75. The molecule has 0 radical (unpaired) electrons. The number of aromatic nitrogens is 3. The zero-order valence-electron chi connectivity index (χ0n) is 11.1. The van der Waals surface area contributed by atoms with Gasteiger partial charge >= 0.3 is 0 Å². The highest BCUT2D eigenvalue weighted by atomic mass is 16.1. The third-order valence-electron chi connectivity index (χ3n) is 2.71. The number of carbonyl (C=O) groups excluding carboxylic acids is 1. The normalized spacial score (nSPS) is 10.5. The maximum atomic E-state index is 11.1. The highest BCUT2D eigenvalue weighted by Crippen LogP contribution is 2.10. The van der Waals surface area contributed by atoms with E-state index >= 15 is 0 Å². The van der Waals surface area contributed by atoms with E-state index in [0.717, 1.165) is 22.8 Å². The zero-order valence-corrected chi connectivity index (χ0v) is 11.1. The van der Waals surface area contributed by atoms with Crippen LogP contribution in [0, 0.1) is 13.8 Å². The molecule has 0 bridgehead atoms. The van der Waals surface area contributed by atoms with Crippen LogP contribution in [0.5, 0.6) is 0 Å². The average molecular weight is 259 g/mol. The number of hydrogen-bond acceptors (Lipinski definition) is 4. The summed E-state index contributed by atoms with van der Waals surface area (Å²) in [5.41, 5.74) is 8.13. The van der Waals surface area contributed by atoms with E-state index in [2.05, 4.69) is 15.4 Å². The van der Waals surface area contributed by atoms with Gasteiger partial charge in [-0.3, -0.25) is 4.79 Å². The molecule has 6 nitrogen and oxygen atoms in total. The summed E-state index contributed by atoms with van der Waals surface area (Å²) in [5, 5.41) is 7.06. The predicted molar refractivity (Wildman–Crippen MR) is 71.7 cm³/mol. The summed E-state index contributed by atoms with van der Waals surface area (Å²) >= 11 is 0. The van der Waals surface area contributed by atoms with Crippen LogP contribution < -0.4 is 11.1 Å². The van der Waals surface area contributed by atoms with Crippen LogP contribution in [0.1, 0.15) is 17.0 Å². The SMILES string of the molecule is Cc1cc(C)n(-c2ccc(CNC(=O)CN)cn2)n1. The lowest BCUT2D eigenvalue weighted by Gasteiger charge is -2.06. The van der Waals surface area contributed by atoms with Crippen LogP contribution in [0.2, 0.25) is 0 Å². The predicted octanol–water partition coefficient (Wildman–Crippen LogP) is 0.459. The molecule has 0 aliphatic carbocycles. The molecule has 6 heteroatoms. The first-order valence-corrected chi connectivity index (χ1v) is 6.05. The van der Waals surface area contributed by atoms with Gasteiger partial charge in [0.15, 0.2) is 5.82 Å². The van der Waals surface area contributed by atoms with Gasteiger partial charge in [-0.1, -0.05) is 6.07 Å². The number of hydrogen-bond donors (Lipinski definition) is 2. The molecule has 0 aliphatic rings. The smallest absolute Gasteiger partial charge is 0.234 e. The molecule has 2 heterocycles. The highest BCUT2D eigenvalue weighted by molar-refractivity contribution is 5.77. The summed E-state index contributed by atoms with van der Waals surface area (Å²) in [6, 6.07) is 5.79. The van der Waals surface area contributed by atoms with E-state index < -0.39 is 0 Å². The van der Waals surface area contributed by atoms with E-state index in [1.54, 1.807) is 10.9 Å². The van der Waals surface area contributed by atoms with Gasteiger partial charge in [0.25, 0.3) is 0 Å². The van der Waals surface area contributed by atoms with Crippen molar-refractivity contribution in [2.75, 3.05) is 6.54 Å². The number of pyridine rings is 1. The van der Waals surface area contributed by atoms with E-state index in [9.17, 15) is 4.79 Å². The Morgan fingerprint density at radius 3 is 2.74 bits per heavy atom. The van der Waals surface area contributed by atoms with Crippen LogP contribution in [0.25, 0.3) is 5.82 Å². The first-order chi connectivity index (χ1) is 9.10. The van der Waals surface area contributed by atoms with Crippen molar-refractivity contribution in [1.29, 1.82) is 0 Å². The summed E-state index contributed by atoms with van der Waals surface area (Å²) in [6.07, 6.45) is 1.72. The lowest BCUT2D eigenvalue weighted by molar-refractivity contribution is -0.119. The molecule has 0 atom stereocenters. The summed E-state index contributed by atoms with van der Waals surface area (Å²) < 4.78 is 1.79. The van der Waals surface area contributed by atoms with Crippen molar-refractivity contribution in [3.63, 3.8) is 0 Å². The Hall–Kier alpha value is -2.21. The number of nitrogens with two attached hydrogens (primary N) is 1. The van der Waals surface area contributed by atoms with Gasteiger partial charge in [-0.05, 0) is 31.5 Å². The Morgan fingerprint density at radius 2 is 2.21 bits per heavy atom. The second kappa shape index (κ2) is 5.62. The van der Waals surface area contributed by atoms with Crippen molar-refractivity contribution < 1.29 is 4.79 Å². The van der Waals surface area contributed by atoms with Gasteiger partial charge in [-0.15, -0.1) is 0 Å². The molecule has 3 N–H and O–H groups in total. The molecule has 0 aliphatic heterocycles. The van der Waals surface area contributed by atoms with Crippen molar-refractivity contribution in [3.05, 3.63) is 41.3 Å². The lowest BCUT2D eigenvalue weighted by Crippen LogP contribution is -2.29. The summed E-state index contributed by atoms with van der Waals surface area (Å²) in [5.74, 6) is 0.585. The van der Waals surface area contributed by atoms with E-state index in [1.807, 2.05) is 32.0 Å². The maximum absolute atomic E-state index is 11.1. The fraction of sp³-hybridized carbons (Fsp3) is 0.308. The molecule has 0 spiro atoms. The molecule has 0 aromatic carbocycles. The van der Waals surface area contributed by atoms with E-state index in [4.69, 9.17) is 5.73 Å². The molecule has 0 saturated heterocycles. The van der Waals surface area contributed by atoms with Crippen molar-refractivity contribution in [3.8, 4) is 5.82 Å². The molecule has 19 heavy (non-hydrogen) atoms. The lowest BCUT2D eigenvalue weighted by atomic mass is 10.3. The zero-order chi connectivity index (χ0) is 13.8. The minimum atomic E-state index is -0.178. The van der Waals surface area contributed by atoms with Crippen molar-refractivity contribution in [1.82, 2.24) is 20.1 Å². The number of amides is 1. The maximum Gasteiger partial charge on any atom is 0.234 e. The van der Waals surface area contributed by atoms with Crippen molar-refractivity contribution in [2.24, 2.45) is 5.73 Å². The standard InChI is InChI=1S/C13H17N5O/c1-9-5-10(2)18(17-9)12-4-3-11(7-15-12)8-16-13(19)6-14/h3-5,7H,6,8,14H2,1-2H3,(H,16,19). The first-order valence-electron chi connectivity index (χ1n) is 6.05. The molecular weight excluding hydrogens is 242 g/mol. The Balaban J connectivity index is 2.10. The van der Waals surface area contributed by atoms with Crippen molar-refractivity contribution >= 4 is 5.91 Å². The van der Waals surface area contributed by atoms with Gasteiger partial charge in [-0.25, -0.2) is 9.67 Å². The fourth-order valence-electron chi connectivity index (χ4n) is 1.78. The van der Waals surface area contributed by atoms with Gasteiger partial charge in [0.05, 0.1) is 12.2 Å². The monoisotopic (exact) mass is 259 g/mol. The quantitative estimate of drug-likeness (QED) is 0.835. The molecule has 2 aromatic heterocycles. The van der Waals surface area contributed by atoms with E-state index in [0.29, 0.717) is 6.54 Å². The number of rotatable bonds is 4. The summed E-state index contributed by atoms with van der Waals surface area (Å²) in [7, 11) is 0. The summed E-state index contributed by atoms with van der Waals surface area (Å²) in [4.78, 5) is 15.4. The summed E-state index contributed by atoms with van der Waals surface area (Å²) in [6.45, 7) is 4.36. The van der Waals surface area contributed by atoms with E-state index in [1.165, 1.54) is 0 Å². The number of nitrogens with zero attached hydrogens (tertiary/aromatic N) is 3. The molecule has 2 rings (SSSR count). The van der Waals surface area contributed by atoms with Gasteiger partial charge in [0.1, 0.15) is 0 Å². The van der Waals surface area contributed by atoms with Gasteiger partial charge in [0, 0.05) is 18.4 Å². The second-order valence-corrected chi connectivity index (χ2v) is 4.34. The van der Waals surface area contributed by atoms with Crippen LogP contribution in [-0.2, 0) is 11.3 Å². The Morgan fingerprint density at radius 1 is 1.42 bits per heavy atom. The molecule has 0 unspecified atom stereocenters. The molecule has 1 amide bonds. The van der Waals surface area contributed by atoms with Crippen LogP contribution in [0.3, 0.4) is 0 Å².